The van der Waals surface area contributed by atoms with E-state index in [1.165, 1.54) is 0 Å². The summed E-state index contributed by atoms with van der Waals surface area (Å²) in [5.74, 6) is 0.951. The molecule has 4 N–H and O–H groups in total. The first-order valence-electron chi connectivity index (χ1n) is 28.2. The van der Waals surface area contributed by atoms with Crippen LogP contribution >= 0.6 is 34.8 Å². The van der Waals surface area contributed by atoms with Gasteiger partial charge in [0.1, 0.15) is 33.3 Å². The van der Waals surface area contributed by atoms with Crippen LogP contribution in [-0.2, 0) is 22.3 Å². The first-order valence-corrected chi connectivity index (χ1v) is 29.3. The van der Waals surface area contributed by atoms with Gasteiger partial charge in [-0.05, 0) is 160 Å². The van der Waals surface area contributed by atoms with Crippen molar-refractivity contribution in [1.29, 1.82) is 0 Å². The average Bonchev–Trinajstić information content (AvgIpc) is 1.87. The molecule has 8 heterocycles. The SMILES string of the molecule is Cc1cccc(-n2c(=O)nc(NC3CCOC(Cc4cccc(-n5c(=O)nc(NC6COC(Cc7cccc(-n8c(=O)nc(NC9CC(O)C9)c9oc%10ccc(Cl)cc%10c98)c7)C6)c6oc7ccc(Cl)cc7c65)c4)C3)c3oc4ccc(Cl)cc4c32)c1. The second kappa shape index (κ2) is 21.2. The highest BCUT2D eigenvalue weighted by atomic mass is 35.5. The Labute approximate surface area is 497 Å². The van der Waals surface area contributed by atoms with Crippen LogP contribution in [0.15, 0.2) is 155 Å². The Morgan fingerprint density at radius 2 is 0.929 bits per heavy atom. The summed E-state index contributed by atoms with van der Waals surface area (Å²) >= 11 is 19.6. The molecule has 15 rings (SSSR count). The summed E-state index contributed by atoms with van der Waals surface area (Å²) in [6.07, 6.45) is 3.13. The second-order valence-corrected chi connectivity index (χ2v) is 23.7. The van der Waals surface area contributed by atoms with E-state index in [1.54, 1.807) is 68.3 Å². The van der Waals surface area contributed by atoms with Gasteiger partial charge in [0.2, 0.25) is 0 Å². The third kappa shape index (κ3) is 9.85. The Hall–Kier alpha value is -8.49. The molecule has 1 saturated carbocycles. The number of furan rings is 3. The van der Waals surface area contributed by atoms with E-state index in [9.17, 15) is 19.5 Å². The highest BCUT2D eigenvalue weighted by Gasteiger charge is 2.32. The topological polar surface area (TPSA) is 219 Å². The number of nitrogens with one attached hydrogen (secondary N) is 3. The van der Waals surface area contributed by atoms with E-state index in [0.29, 0.717) is 168 Å². The Balaban J connectivity index is 0.675. The smallest absolute Gasteiger partial charge is 0.354 e. The Morgan fingerprint density at radius 1 is 0.506 bits per heavy atom. The molecule has 428 valence electrons. The van der Waals surface area contributed by atoms with Gasteiger partial charge in [-0.1, -0.05) is 71.2 Å². The van der Waals surface area contributed by atoms with Gasteiger partial charge in [-0.2, -0.15) is 15.0 Å². The van der Waals surface area contributed by atoms with Crippen LogP contribution in [0.1, 0.15) is 48.8 Å². The quantitative estimate of drug-likeness (QED) is 0.0844. The highest BCUT2D eigenvalue weighted by Crippen LogP contribution is 2.40. The van der Waals surface area contributed by atoms with Gasteiger partial charge in [0.25, 0.3) is 0 Å². The van der Waals surface area contributed by atoms with Crippen LogP contribution in [-0.4, -0.2) is 83.4 Å². The first-order chi connectivity index (χ1) is 41.3. The lowest BCUT2D eigenvalue weighted by Crippen LogP contribution is -2.39. The summed E-state index contributed by atoms with van der Waals surface area (Å²) < 4.78 is 36.8. The normalized spacial score (nSPS) is 19.9. The van der Waals surface area contributed by atoms with Crippen LogP contribution in [0.5, 0.6) is 0 Å². The molecule has 12 aromatic rings. The number of anilines is 3. The number of hydrogen-bond acceptors (Lipinski definition) is 15. The van der Waals surface area contributed by atoms with E-state index < -0.39 is 23.2 Å². The maximum Gasteiger partial charge on any atom is 0.354 e. The lowest BCUT2D eigenvalue weighted by atomic mass is 9.89. The number of fused-ring (bicyclic) bond motifs is 9. The fourth-order valence-corrected chi connectivity index (χ4v) is 13.0. The lowest BCUT2D eigenvalue weighted by molar-refractivity contribution is 0.0117. The van der Waals surface area contributed by atoms with Gasteiger partial charge in [0.15, 0.2) is 34.2 Å². The number of hydrogen-bond donors (Lipinski definition) is 4. The van der Waals surface area contributed by atoms with Crippen molar-refractivity contribution in [3.63, 3.8) is 0 Å². The molecule has 1 aliphatic carbocycles. The number of benzene rings is 6. The summed E-state index contributed by atoms with van der Waals surface area (Å²) in [5, 5.41) is 23.8. The molecule has 3 aliphatic rings. The Kier molecular flexibility index (Phi) is 13.3. The van der Waals surface area contributed by atoms with Crippen LogP contribution in [0.25, 0.3) is 83.3 Å². The molecule has 2 aliphatic heterocycles. The van der Waals surface area contributed by atoms with E-state index in [-0.39, 0.29) is 36.2 Å². The molecule has 2 saturated heterocycles. The number of aromatic nitrogens is 6. The predicted molar refractivity (Wildman–Crippen MR) is 329 cm³/mol. The minimum absolute atomic E-state index is 0.0423. The first kappa shape index (κ1) is 53.3. The molecule has 4 unspecified atom stereocenters. The van der Waals surface area contributed by atoms with Crippen molar-refractivity contribution in [2.75, 3.05) is 29.2 Å². The van der Waals surface area contributed by atoms with Gasteiger partial charge >= 0.3 is 17.1 Å². The molecular formula is C64H52Cl3N9O9. The van der Waals surface area contributed by atoms with Crippen molar-refractivity contribution >= 4 is 118 Å². The van der Waals surface area contributed by atoms with Crippen molar-refractivity contribution in [3.8, 4) is 17.1 Å². The monoisotopic (exact) mass is 1200 g/mol. The molecular weight excluding hydrogens is 1150 g/mol. The summed E-state index contributed by atoms with van der Waals surface area (Å²) in [4.78, 5) is 56.3. The van der Waals surface area contributed by atoms with Gasteiger partial charge in [-0.3, -0.25) is 13.7 Å². The molecule has 6 aromatic carbocycles. The molecule has 0 radical (unpaired) electrons. The minimum Gasteiger partial charge on any atom is -0.450 e. The van der Waals surface area contributed by atoms with Crippen LogP contribution in [0, 0.1) is 6.92 Å². The third-order valence-electron chi connectivity index (χ3n) is 16.5. The number of aryl methyl sites for hydroxylation is 1. The molecule has 6 aromatic heterocycles. The molecule has 85 heavy (non-hydrogen) atoms. The van der Waals surface area contributed by atoms with Crippen LogP contribution < -0.4 is 33.0 Å². The lowest BCUT2D eigenvalue weighted by Gasteiger charge is -2.32. The minimum atomic E-state index is -0.520. The number of halogens is 3. The zero-order valence-electron chi connectivity index (χ0n) is 45.5. The summed E-state index contributed by atoms with van der Waals surface area (Å²) in [6.45, 7) is 2.77. The maximum atomic E-state index is 14.6. The molecule has 0 spiro atoms. The average molecular weight is 1200 g/mol. The number of nitrogens with zero attached hydrogens (tertiary/aromatic N) is 6. The van der Waals surface area contributed by atoms with Crippen molar-refractivity contribution in [3.05, 3.63) is 191 Å². The Morgan fingerprint density at radius 3 is 1.40 bits per heavy atom. The third-order valence-corrected chi connectivity index (χ3v) is 17.2. The summed E-state index contributed by atoms with van der Waals surface area (Å²) in [5.41, 5.74) is 7.76. The number of rotatable bonds is 13. The van der Waals surface area contributed by atoms with Crippen molar-refractivity contribution in [2.24, 2.45) is 0 Å². The Bertz CT molecular complexity index is 4870. The fourth-order valence-electron chi connectivity index (χ4n) is 12.5. The van der Waals surface area contributed by atoms with Gasteiger partial charge in [0.05, 0.1) is 48.0 Å². The predicted octanol–water partition coefficient (Wildman–Crippen LogP) is 12.2. The van der Waals surface area contributed by atoms with Crippen molar-refractivity contribution in [2.45, 2.75) is 88.3 Å². The van der Waals surface area contributed by atoms with E-state index in [0.717, 1.165) is 16.7 Å². The van der Waals surface area contributed by atoms with Crippen LogP contribution in [0.3, 0.4) is 0 Å². The molecule has 18 nitrogen and oxygen atoms in total. The van der Waals surface area contributed by atoms with Crippen molar-refractivity contribution < 1.29 is 27.8 Å². The van der Waals surface area contributed by atoms with E-state index in [2.05, 4.69) is 30.9 Å². The zero-order chi connectivity index (χ0) is 57.8. The van der Waals surface area contributed by atoms with Gasteiger partial charge in [-0.15, -0.1) is 0 Å². The van der Waals surface area contributed by atoms with E-state index in [1.807, 2.05) is 79.7 Å². The van der Waals surface area contributed by atoms with E-state index in [4.69, 9.17) is 57.5 Å². The molecule has 0 amide bonds. The maximum absolute atomic E-state index is 14.6. The van der Waals surface area contributed by atoms with E-state index >= 15 is 0 Å². The molecule has 0 bridgehead atoms. The van der Waals surface area contributed by atoms with Gasteiger partial charge in [0, 0.05) is 49.9 Å². The number of ether oxygens (including phenoxy) is 2. The second-order valence-electron chi connectivity index (χ2n) is 22.4. The van der Waals surface area contributed by atoms with Crippen LogP contribution in [0.2, 0.25) is 15.1 Å². The summed E-state index contributed by atoms with van der Waals surface area (Å²) in [6, 6.07) is 38.7. The number of aliphatic hydroxyl groups is 1. The highest BCUT2D eigenvalue weighted by molar-refractivity contribution is 6.32. The molecule has 4 atom stereocenters. The van der Waals surface area contributed by atoms with Gasteiger partial charge in [-0.25, -0.2) is 14.4 Å². The molecule has 21 heteroatoms. The van der Waals surface area contributed by atoms with Crippen molar-refractivity contribution in [1.82, 2.24) is 28.7 Å². The van der Waals surface area contributed by atoms with Crippen LogP contribution in [0.4, 0.5) is 17.5 Å². The number of aliphatic hydroxyl groups excluding tert-OH is 1. The molecule has 3 fully saturated rings. The summed E-state index contributed by atoms with van der Waals surface area (Å²) in [7, 11) is 0. The largest absolute Gasteiger partial charge is 0.450 e. The fraction of sp³-hybridized carbons (Fsp3) is 0.250. The van der Waals surface area contributed by atoms with Gasteiger partial charge < -0.3 is 43.8 Å². The zero-order valence-corrected chi connectivity index (χ0v) is 47.8. The standard InChI is InChI=1S/C64H52Cl3N9O9/c1-32-5-2-8-41(19-32)74-53-47-24-35(65)11-14-50(47)83-56(53)59(71-62(74)78)68-38-17-18-81-45(29-38)22-33-6-3-9-42(20-33)76-55-49-26-37(67)13-16-52(49)85-58(55)61(73-64(76)80)70-40-30-46(82-31-40)23-34-7-4-10-43(21-34)75-54-48-25-36(66)12-15-51(48)84-57(54)60(72-63(75)79)69-39-27-44(77)28-39/h2-16,19-21,24-26,38-40,44-46,77H,17-18,22-23,27-31H2,1H3,(H,68,71,78)(H,69,72,79)(H,70,73,80).